The average molecular weight is 760 g/mol. The molecule has 2 aliphatic rings. The highest BCUT2D eigenvalue weighted by molar-refractivity contribution is 5.69. The van der Waals surface area contributed by atoms with E-state index < -0.39 is 0 Å². The maximum Gasteiger partial charge on any atom is 0.0701 e. The molecule has 1 nitrogen and oxygen atoms in total. The number of hydrogen-bond acceptors (Lipinski definition) is 1. The molecule has 2 atom stereocenters. The molecule has 0 saturated carbocycles. The highest BCUT2D eigenvalue weighted by Crippen LogP contribution is 2.52. The van der Waals surface area contributed by atoms with Crippen LogP contribution in [0.15, 0.2) is 200 Å². The van der Waals surface area contributed by atoms with E-state index in [2.05, 4.69) is 198 Å². The number of unbranched alkanes of at least 4 members (excludes halogenated alkanes) is 1. The summed E-state index contributed by atoms with van der Waals surface area (Å²) in [6.45, 7) is 29.2. The minimum Gasteiger partial charge on any atom is -0.356 e. The molecule has 2 bridgehead atoms. The van der Waals surface area contributed by atoms with Gasteiger partial charge in [-0.2, -0.15) is 0 Å². The van der Waals surface area contributed by atoms with Crippen LogP contribution in [0.25, 0.3) is 0 Å². The topological polar surface area (TPSA) is 12.0 Å². The quantitative estimate of drug-likeness (QED) is 0.130. The summed E-state index contributed by atoms with van der Waals surface area (Å²) in [5.41, 5.74) is 9.60. The van der Waals surface area contributed by atoms with E-state index in [0.717, 1.165) is 17.8 Å². The van der Waals surface area contributed by atoms with Crippen molar-refractivity contribution in [3.63, 3.8) is 0 Å². The third-order valence-electron chi connectivity index (χ3n) is 8.47. The Morgan fingerprint density at radius 2 is 1.42 bits per heavy atom. The Balaban J connectivity index is 0.00000118. The van der Waals surface area contributed by atoms with E-state index in [0.29, 0.717) is 0 Å². The number of hydrogen-bond donors (Lipinski definition) is 1. The van der Waals surface area contributed by atoms with Gasteiger partial charge in [-0.25, -0.2) is 0 Å². The molecule has 0 fully saturated rings. The van der Waals surface area contributed by atoms with Crippen LogP contribution in [0.5, 0.6) is 0 Å². The largest absolute Gasteiger partial charge is 0.356 e. The van der Waals surface area contributed by atoms with Gasteiger partial charge in [-0.1, -0.05) is 211 Å². The van der Waals surface area contributed by atoms with Crippen molar-refractivity contribution in [1.82, 2.24) is 0 Å². The lowest BCUT2D eigenvalue weighted by Crippen LogP contribution is -2.35. The fraction of sp³-hybridized carbons (Fsp3) is 0.286. The standard InChI is InChI=1S/C34H29N.C8H14.C5H8.C4H10.C3H6.C2H6/c1-3-5-7-18-30(4-2)35-31-23-21-28(22-24-31)34(27-15-8-6-9-16-27)29-17-11-10-14-26(25-29)32-19-12-13-20-33(32)34;1-4-5-6-7-8(2)3;1-3-5-4-2;1-3-4-2;1-3-2;1-2/h4,6-26,35H,1-2H3;5-7H,4H2,1-3H3;3-5H,1H2,2H3;3-4H2,1-2H3;3H,1H2,2H3;1-2H3/b18-7-,30-4+;6-5-;5-4-;;;. The molecule has 0 saturated heterocycles. The Morgan fingerprint density at radius 1 is 0.807 bits per heavy atom. The van der Waals surface area contributed by atoms with E-state index >= 15 is 0 Å². The van der Waals surface area contributed by atoms with Crippen LogP contribution < -0.4 is 5.32 Å². The zero-order valence-electron chi connectivity index (χ0n) is 37.3. The van der Waals surface area contributed by atoms with Gasteiger partial charge < -0.3 is 5.32 Å². The van der Waals surface area contributed by atoms with Crippen molar-refractivity contribution in [2.75, 3.05) is 5.32 Å². The van der Waals surface area contributed by atoms with E-state index in [1.165, 1.54) is 46.2 Å². The first-order chi connectivity index (χ1) is 27.8. The summed E-state index contributed by atoms with van der Waals surface area (Å²) in [4.78, 5) is 0. The second kappa shape index (κ2) is 32.6. The van der Waals surface area contributed by atoms with Gasteiger partial charge in [0.05, 0.1) is 5.41 Å². The molecule has 0 aromatic heterocycles. The van der Waals surface area contributed by atoms with Crippen molar-refractivity contribution < 1.29 is 0 Å². The lowest BCUT2D eigenvalue weighted by Gasteiger charge is -2.42. The molecule has 0 amide bonds. The first-order valence-corrected chi connectivity index (χ1v) is 20.7. The normalized spacial score (nSPS) is 15.6. The first-order valence-electron chi connectivity index (χ1n) is 20.7. The minimum atomic E-state index is -0.380. The average Bonchev–Trinajstić information content (AvgIpc) is 3.47. The van der Waals surface area contributed by atoms with Gasteiger partial charge in [0.15, 0.2) is 0 Å². The Hall–Kier alpha value is -5.58. The second-order valence-corrected chi connectivity index (χ2v) is 13.0. The number of anilines is 1. The number of benzene rings is 3. The van der Waals surface area contributed by atoms with Gasteiger partial charge in [0.1, 0.15) is 0 Å². The van der Waals surface area contributed by atoms with Crippen LogP contribution in [0, 0.1) is 11.8 Å². The number of nitrogens with one attached hydrogen (secondary N) is 1. The lowest BCUT2D eigenvalue weighted by atomic mass is 9.59. The monoisotopic (exact) mass is 760 g/mol. The Labute approximate surface area is 350 Å². The first kappa shape index (κ1) is 51.4. The van der Waals surface area contributed by atoms with Crippen LogP contribution in [0.3, 0.4) is 0 Å². The molecule has 3 aromatic carbocycles. The predicted molar refractivity (Wildman–Crippen MR) is 260 cm³/mol. The van der Waals surface area contributed by atoms with E-state index in [4.69, 9.17) is 0 Å². The summed E-state index contributed by atoms with van der Waals surface area (Å²) in [6.07, 6.45) is 34.7. The molecule has 302 valence electrons. The SMILES string of the molecule is C=C/C=C\C.C=CC.CC.CC#C/C=C\C(=C/C)Nc1ccc(C2(c3ccccc3)C3=CC(C=CC=C3)c3ccccc32)cc1.CC/C=C\C=C(C)C.CCCC. The zero-order valence-corrected chi connectivity index (χ0v) is 37.3. The van der Waals surface area contributed by atoms with E-state index in [1.807, 2.05) is 65.8 Å². The van der Waals surface area contributed by atoms with Crippen LogP contribution in [-0.4, -0.2) is 0 Å². The summed E-state index contributed by atoms with van der Waals surface area (Å²) in [6, 6.07) is 28.7. The van der Waals surface area contributed by atoms with Crippen LogP contribution in [0.4, 0.5) is 5.69 Å². The van der Waals surface area contributed by atoms with Gasteiger partial charge in [-0.3, -0.25) is 0 Å². The molecule has 2 unspecified atom stereocenters. The van der Waals surface area contributed by atoms with E-state index in [9.17, 15) is 0 Å². The predicted octanol–water partition coefficient (Wildman–Crippen LogP) is 16.8. The lowest BCUT2D eigenvalue weighted by molar-refractivity contribution is 0.702. The Morgan fingerprint density at radius 3 is 1.95 bits per heavy atom. The van der Waals surface area contributed by atoms with E-state index in [1.54, 1.807) is 12.2 Å². The van der Waals surface area contributed by atoms with Crippen LogP contribution >= 0.6 is 0 Å². The molecule has 0 heterocycles. The Kier molecular flexibility index (Phi) is 29.4. The molecule has 0 radical (unpaired) electrons. The van der Waals surface area contributed by atoms with Gasteiger partial charge in [-0.05, 0) is 100 Å². The minimum absolute atomic E-state index is 0.282. The van der Waals surface area contributed by atoms with Crippen LogP contribution in [0.1, 0.15) is 124 Å². The number of rotatable bonds is 9. The zero-order chi connectivity index (χ0) is 42.7. The van der Waals surface area contributed by atoms with Crippen molar-refractivity contribution in [2.45, 2.75) is 107 Å². The fourth-order valence-corrected chi connectivity index (χ4v) is 5.80. The van der Waals surface area contributed by atoms with Crippen molar-refractivity contribution in [3.05, 3.63) is 222 Å². The summed E-state index contributed by atoms with van der Waals surface area (Å²) < 4.78 is 0. The van der Waals surface area contributed by atoms with Gasteiger partial charge in [-0.15, -0.1) is 12.5 Å². The summed E-state index contributed by atoms with van der Waals surface area (Å²) in [5, 5.41) is 3.51. The van der Waals surface area contributed by atoms with Gasteiger partial charge >= 0.3 is 0 Å². The maximum atomic E-state index is 3.51. The molecule has 0 aliphatic heterocycles. The molecule has 3 aromatic rings. The molecule has 0 spiro atoms. The molecule has 5 rings (SSSR count). The highest BCUT2D eigenvalue weighted by Gasteiger charge is 2.44. The van der Waals surface area contributed by atoms with Crippen molar-refractivity contribution in [3.8, 4) is 11.8 Å². The molecule has 1 heteroatoms. The van der Waals surface area contributed by atoms with Crippen LogP contribution in [0.2, 0.25) is 0 Å². The van der Waals surface area contributed by atoms with Crippen molar-refractivity contribution in [1.29, 1.82) is 0 Å². The third kappa shape index (κ3) is 17.8. The van der Waals surface area contributed by atoms with Gasteiger partial charge in [0.25, 0.3) is 0 Å². The summed E-state index contributed by atoms with van der Waals surface area (Å²) in [5.74, 6) is 6.16. The molecule has 57 heavy (non-hydrogen) atoms. The van der Waals surface area contributed by atoms with Gasteiger partial charge in [0.2, 0.25) is 0 Å². The third-order valence-corrected chi connectivity index (χ3v) is 8.47. The summed E-state index contributed by atoms with van der Waals surface area (Å²) in [7, 11) is 0. The van der Waals surface area contributed by atoms with Gasteiger partial charge in [0, 0.05) is 17.3 Å². The second-order valence-electron chi connectivity index (χ2n) is 13.0. The fourth-order valence-electron chi connectivity index (χ4n) is 5.80. The summed E-state index contributed by atoms with van der Waals surface area (Å²) >= 11 is 0. The Bertz CT molecular complexity index is 1850. The molecule has 2 aliphatic carbocycles. The van der Waals surface area contributed by atoms with Crippen molar-refractivity contribution >= 4 is 5.69 Å². The molecular weight excluding hydrogens is 687 g/mol. The smallest absolute Gasteiger partial charge is 0.0701 e. The van der Waals surface area contributed by atoms with E-state index in [-0.39, 0.29) is 11.3 Å². The number of allylic oxidation sites excluding steroid dienone is 17. The maximum absolute atomic E-state index is 3.51. The molecule has 1 N–H and O–H groups in total. The highest BCUT2D eigenvalue weighted by atomic mass is 14.9. The van der Waals surface area contributed by atoms with Crippen LogP contribution in [-0.2, 0) is 5.41 Å². The molecular formula is C56H73N. The number of fused-ring (bicyclic) bond motifs is 3. The van der Waals surface area contributed by atoms with Crippen molar-refractivity contribution in [2.24, 2.45) is 0 Å².